The van der Waals surface area contributed by atoms with Crippen LogP contribution in [0.25, 0.3) is 0 Å². The summed E-state index contributed by atoms with van der Waals surface area (Å²) in [5, 5.41) is 0. The number of hydrogen-bond donors (Lipinski definition) is 0. The van der Waals surface area contributed by atoms with Gasteiger partial charge in [0, 0.05) is 0 Å². The first-order chi connectivity index (χ1) is 6.42. The van der Waals surface area contributed by atoms with Crippen LogP contribution in [-0.4, -0.2) is 0 Å². The van der Waals surface area contributed by atoms with Gasteiger partial charge in [0.05, 0.1) is 0 Å². The van der Waals surface area contributed by atoms with Gasteiger partial charge in [-0.05, 0) is 36.2 Å². The third-order valence-electron chi connectivity index (χ3n) is 4.01. The van der Waals surface area contributed by atoms with E-state index in [2.05, 4.69) is 30.3 Å². The van der Waals surface area contributed by atoms with Crippen molar-refractivity contribution >= 4 is 0 Å². The molecule has 0 aliphatic heterocycles. The summed E-state index contributed by atoms with van der Waals surface area (Å²) in [7, 11) is 0. The van der Waals surface area contributed by atoms with Crippen LogP contribution in [-0.2, 0) is 5.41 Å². The zero-order chi connectivity index (χ0) is 8.73. The summed E-state index contributed by atoms with van der Waals surface area (Å²) in [5.41, 5.74) is 2.25. The molecule has 0 bridgehead atoms. The lowest BCUT2D eigenvalue weighted by atomic mass is 9.83. The van der Waals surface area contributed by atoms with E-state index >= 15 is 0 Å². The van der Waals surface area contributed by atoms with Crippen molar-refractivity contribution in [3.8, 4) is 0 Å². The molecule has 0 spiro atoms. The minimum absolute atomic E-state index is 0.638. The fourth-order valence-electron chi connectivity index (χ4n) is 3.16. The van der Waals surface area contributed by atoms with E-state index in [1.165, 1.54) is 32.1 Å². The Hall–Kier alpha value is -0.780. The molecule has 0 heterocycles. The minimum Gasteiger partial charge on any atom is -0.0622 e. The van der Waals surface area contributed by atoms with Crippen molar-refractivity contribution in [3.63, 3.8) is 0 Å². The van der Waals surface area contributed by atoms with E-state index in [-0.39, 0.29) is 0 Å². The Morgan fingerprint density at radius 1 is 1.08 bits per heavy atom. The van der Waals surface area contributed by atoms with E-state index in [1.54, 1.807) is 5.56 Å². The van der Waals surface area contributed by atoms with E-state index < -0.39 is 0 Å². The molecule has 68 valence electrons. The Labute approximate surface area is 80.0 Å². The number of rotatable bonds is 1. The molecule has 0 N–H and O–H groups in total. The molecule has 0 saturated heterocycles. The molecule has 2 fully saturated rings. The Balaban J connectivity index is 1.94. The van der Waals surface area contributed by atoms with Crippen molar-refractivity contribution in [1.29, 1.82) is 0 Å². The second kappa shape index (κ2) is 2.60. The lowest BCUT2D eigenvalue weighted by Crippen LogP contribution is -2.13. The van der Waals surface area contributed by atoms with Crippen molar-refractivity contribution in [2.75, 3.05) is 0 Å². The van der Waals surface area contributed by atoms with Crippen LogP contribution >= 0.6 is 0 Å². The Bertz CT molecular complexity index is 301. The first kappa shape index (κ1) is 7.61. The lowest BCUT2D eigenvalue weighted by molar-refractivity contribution is 0.428. The zero-order valence-corrected chi connectivity index (χ0v) is 8.00. The van der Waals surface area contributed by atoms with E-state index in [0.29, 0.717) is 5.41 Å². The van der Waals surface area contributed by atoms with Gasteiger partial charge in [0.25, 0.3) is 0 Å². The van der Waals surface area contributed by atoms with E-state index in [0.717, 1.165) is 5.92 Å². The Morgan fingerprint density at radius 3 is 2.69 bits per heavy atom. The molecule has 2 saturated carbocycles. The van der Waals surface area contributed by atoms with Gasteiger partial charge in [-0.25, -0.2) is 0 Å². The summed E-state index contributed by atoms with van der Waals surface area (Å²) in [5.74, 6) is 1.03. The molecule has 2 aliphatic carbocycles. The van der Waals surface area contributed by atoms with Crippen LogP contribution in [0.3, 0.4) is 0 Å². The summed E-state index contributed by atoms with van der Waals surface area (Å²) in [4.78, 5) is 0. The second-order valence-electron chi connectivity index (χ2n) is 4.67. The van der Waals surface area contributed by atoms with Crippen LogP contribution in [0, 0.1) is 5.92 Å². The van der Waals surface area contributed by atoms with Crippen LogP contribution in [0.1, 0.15) is 37.7 Å². The van der Waals surface area contributed by atoms with Gasteiger partial charge >= 0.3 is 0 Å². The summed E-state index contributed by atoms with van der Waals surface area (Å²) >= 11 is 0. The maximum atomic E-state index is 2.32. The average molecular weight is 172 g/mol. The van der Waals surface area contributed by atoms with Gasteiger partial charge in [-0.1, -0.05) is 43.2 Å². The Morgan fingerprint density at radius 2 is 1.92 bits per heavy atom. The van der Waals surface area contributed by atoms with Gasteiger partial charge in [0.1, 0.15) is 0 Å². The molecule has 0 aromatic heterocycles. The Kier molecular flexibility index (Phi) is 1.52. The molecular weight excluding hydrogens is 156 g/mol. The third-order valence-corrected chi connectivity index (χ3v) is 4.01. The van der Waals surface area contributed by atoms with Gasteiger partial charge in [-0.2, -0.15) is 0 Å². The largest absolute Gasteiger partial charge is 0.0622 e. The van der Waals surface area contributed by atoms with Gasteiger partial charge in [-0.3, -0.25) is 0 Å². The predicted octanol–water partition coefficient (Wildman–Crippen LogP) is 3.52. The molecular formula is C13H16. The SMILES string of the molecule is c1ccc([C@@]23CCCC[C@H]2C3)cc1. The van der Waals surface area contributed by atoms with Gasteiger partial charge in [0.2, 0.25) is 0 Å². The summed E-state index contributed by atoms with van der Waals surface area (Å²) in [6.07, 6.45) is 7.32. The standard InChI is InChI=1S/C13H16/c1-2-6-11(7-3-1)13-9-5-4-8-12(13)10-13/h1-3,6-7,12H,4-5,8-10H2/t12-,13-/m0/s1. The maximum Gasteiger partial charge on any atom is -0.00155 e. The predicted molar refractivity (Wildman–Crippen MR) is 54.7 cm³/mol. The van der Waals surface area contributed by atoms with E-state index in [1.807, 2.05) is 0 Å². The summed E-state index contributed by atoms with van der Waals surface area (Å²) < 4.78 is 0. The van der Waals surface area contributed by atoms with Crippen molar-refractivity contribution in [2.24, 2.45) is 5.92 Å². The first-order valence-corrected chi connectivity index (χ1v) is 5.47. The van der Waals surface area contributed by atoms with E-state index in [9.17, 15) is 0 Å². The molecule has 0 nitrogen and oxygen atoms in total. The molecule has 0 unspecified atom stereocenters. The molecule has 0 radical (unpaired) electrons. The molecule has 2 atom stereocenters. The average Bonchev–Trinajstić information content (AvgIpc) is 2.94. The van der Waals surface area contributed by atoms with Crippen LogP contribution < -0.4 is 0 Å². The smallest absolute Gasteiger partial charge is 0.00155 e. The minimum atomic E-state index is 0.638. The first-order valence-electron chi connectivity index (χ1n) is 5.47. The monoisotopic (exact) mass is 172 g/mol. The van der Waals surface area contributed by atoms with Crippen molar-refractivity contribution in [2.45, 2.75) is 37.5 Å². The van der Waals surface area contributed by atoms with Crippen molar-refractivity contribution in [1.82, 2.24) is 0 Å². The van der Waals surface area contributed by atoms with Crippen LogP contribution in [0.4, 0.5) is 0 Å². The highest BCUT2D eigenvalue weighted by atomic mass is 14.6. The molecule has 2 aliphatic rings. The normalized spacial score (nSPS) is 36.8. The van der Waals surface area contributed by atoms with Crippen LogP contribution in [0.5, 0.6) is 0 Å². The molecule has 3 rings (SSSR count). The number of benzene rings is 1. The van der Waals surface area contributed by atoms with Crippen molar-refractivity contribution < 1.29 is 0 Å². The molecule has 13 heavy (non-hydrogen) atoms. The highest BCUT2D eigenvalue weighted by Crippen LogP contribution is 2.62. The fraction of sp³-hybridized carbons (Fsp3) is 0.538. The topological polar surface area (TPSA) is 0 Å². The van der Waals surface area contributed by atoms with Crippen LogP contribution in [0.2, 0.25) is 0 Å². The highest BCUT2D eigenvalue weighted by molar-refractivity contribution is 5.34. The number of fused-ring (bicyclic) bond motifs is 1. The lowest BCUT2D eigenvalue weighted by Gasteiger charge is -2.22. The molecule has 0 heteroatoms. The zero-order valence-electron chi connectivity index (χ0n) is 8.00. The van der Waals surface area contributed by atoms with Crippen molar-refractivity contribution in [3.05, 3.63) is 35.9 Å². The van der Waals surface area contributed by atoms with Crippen LogP contribution in [0.15, 0.2) is 30.3 Å². The quantitative estimate of drug-likeness (QED) is 0.608. The van der Waals surface area contributed by atoms with E-state index in [4.69, 9.17) is 0 Å². The highest BCUT2D eigenvalue weighted by Gasteiger charge is 2.55. The second-order valence-corrected chi connectivity index (χ2v) is 4.67. The fourth-order valence-corrected chi connectivity index (χ4v) is 3.16. The number of hydrogen-bond acceptors (Lipinski definition) is 0. The summed E-state index contributed by atoms with van der Waals surface area (Å²) in [6.45, 7) is 0. The summed E-state index contributed by atoms with van der Waals surface area (Å²) in [6, 6.07) is 11.2. The maximum absolute atomic E-state index is 2.32. The third kappa shape index (κ3) is 1.04. The molecule has 0 amide bonds. The van der Waals surface area contributed by atoms with Gasteiger partial charge < -0.3 is 0 Å². The van der Waals surface area contributed by atoms with Gasteiger partial charge in [0.15, 0.2) is 0 Å². The van der Waals surface area contributed by atoms with Gasteiger partial charge in [-0.15, -0.1) is 0 Å². The molecule has 1 aromatic rings. The molecule has 1 aromatic carbocycles.